The quantitative estimate of drug-likeness (QED) is 0.713. The summed E-state index contributed by atoms with van der Waals surface area (Å²) in [5.41, 5.74) is 0. The third kappa shape index (κ3) is 4.16. The van der Waals surface area contributed by atoms with Crippen LogP contribution in [0.15, 0.2) is 0 Å². The van der Waals surface area contributed by atoms with Gasteiger partial charge in [-0.2, -0.15) is 0 Å². The molecule has 0 spiro atoms. The van der Waals surface area contributed by atoms with E-state index in [2.05, 4.69) is 10.1 Å². The third-order valence-corrected chi connectivity index (χ3v) is 6.11. The summed E-state index contributed by atoms with van der Waals surface area (Å²) < 4.78 is 30.6. The summed E-state index contributed by atoms with van der Waals surface area (Å²) in [6.07, 6.45) is 2.26. The van der Waals surface area contributed by atoms with Crippen molar-refractivity contribution < 1.29 is 22.7 Å². The molecular weight excluding hydrogens is 296 g/mol. The molecule has 2 aliphatic heterocycles. The zero-order valence-electron chi connectivity index (χ0n) is 12.2. The molecule has 0 radical (unpaired) electrons. The number of amides is 1. The summed E-state index contributed by atoms with van der Waals surface area (Å²) in [5.74, 6) is -0.164. The molecule has 0 aromatic heterocycles. The molecule has 2 rings (SSSR count). The van der Waals surface area contributed by atoms with E-state index in [0.29, 0.717) is 25.9 Å². The van der Waals surface area contributed by atoms with E-state index >= 15 is 0 Å². The Morgan fingerprint density at radius 3 is 2.90 bits per heavy atom. The predicted molar refractivity (Wildman–Crippen MR) is 75.9 cm³/mol. The second-order valence-electron chi connectivity index (χ2n) is 5.62. The number of esters is 1. The summed E-state index contributed by atoms with van der Waals surface area (Å²) in [5, 5.41) is 2.93. The molecule has 0 aliphatic carbocycles. The first kappa shape index (κ1) is 16.2. The van der Waals surface area contributed by atoms with Crippen molar-refractivity contribution in [2.45, 2.75) is 38.1 Å². The van der Waals surface area contributed by atoms with Crippen LogP contribution in [0.4, 0.5) is 0 Å². The Balaban J connectivity index is 1.87. The van der Waals surface area contributed by atoms with E-state index in [-0.39, 0.29) is 42.4 Å². The van der Waals surface area contributed by atoms with Crippen LogP contribution in [-0.4, -0.2) is 56.6 Å². The summed E-state index contributed by atoms with van der Waals surface area (Å²) in [4.78, 5) is 22.4. The molecule has 2 atom stereocenters. The Morgan fingerprint density at radius 1 is 1.43 bits per heavy atom. The van der Waals surface area contributed by atoms with Crippen LogP contribution in [0.5, 0.6) is 0 Å². The fourth-order valence-electron chi connectivity index (χ4n) is 2.96. The van der Waals surface area contributed by atoms with Gasteiger partial charge in [0.05, 0.1) is 12.9 Å². The summed E-state index contributed by atoms with van der Waals surface area (Å²) in [6.45, 7) is 0.896. The molecule has 0 bridgehead atoms. The van der Waals surface area contributed by atoms with Crippen LogP contribution in [0.3, 0.4) is 0 Å². The van der Waals surface area contributed by atoms with Crippen molar-refractivity contribution in [3.8, 4) is 0 Å². The Morgan fingerprint density at radius 2 is 2.19 bits per heavy atom. The fourth-order valence-corrected chi connectivity index (χ4v) is 4.53. The van der Waals surface area contributed by atoms with Crippen molar-refractivity contribution in [1.82, 2.24) is 9.62 Å². The third-order valence-electron chi connectivity index (χ3n) is 4.19. The van der Waals surface area contributed by atoms with Crippen LogP contribution < -0.4 is 5.32 Å². The number of ether oxygens (including phenoxy) is 1. The largest absolute Gasteiger partial charge is 0.469 e. The van der Waals surface area contributed by atoms with Gasteiger partial charge in [-0.15, -0.1) is 0 Å². The lowest BCUT2D eigenvalue weighted by Gasteiger charge is -2.40. The maximum atomic E-state index is 12.3. The maximum absolute atomic E-state index is 12.3. The number of hydrogen-bond acceptors (Lipinski definition) is 5. The van der Waals surface area contributed by atoms with Crippen molar-refractivity contribution in [2.75, 3.05) is 26.0 Å². The number of sulfonamides is 1. The van der Waals surface area contributed by atoms with Gasteiger partial charge in [-0.25, -0.2) is 12.7 Å². The number of hydrogen-bond donors (Lipinski definition) is 1. The molecule has 7 nitrogen and oxygen atoms in total. The Bertz CT molecular complexity index is 505. The number of rotatable bonds is 5. The minimum absolute atomic E-state index is 0.0359. The number of carbonyl (C=O) groups is 2. The highest BCUT2D eigenvalue weighted by Crippen LogP contribution is 2.27. The molecule has 1 amide bonds. The average Bonchev–Trinajstić information content (AvgIpc) is 2.46. The zero-order valence-corrected chi connectivity index (χ0v) is 13.0. The first-order valence-electron chi connectivity index (χ1n) is 7.26. The van der Waals surface area contributed by atoms with E-state index in [0.717, 1.165) is 6.42 Å². The van der Waals surface area contributed by atoms with E-state index in [1.165, 1.54) is 11.4 Å². The van der Waals surface area contributed by atoms with Gasteiger partial charge in [0, 0.05) is 32.0 Å². The lowest BCUT2D eigenvalue weighted by molar-refractivity contribution is -0.140. The molecule has 0 aromatic carbocycles. The molecule has 2 unspecified atom stereocenters. The number of piperidine rings is 2. The summed E-state index contributed by atoms with van der Waals surface area (Å²) >= 11 is 0. The molecule has 1 N–H and O–H groups in total. The highest BCUT2D eigenvalue weighted by atomic mass is 32.2. The van der Waals surface area contributed by atoms with Gasteiger partial charge in [-0.3, -0.25) is 9.59 Å². The van der Waals surface area contributed by atoms with E-state index in [1.807, 2.05) is 0 Å². The maximum Gasteiger partial charge on any atom is 0.305 e. The molecule has 0 aromatic rings. The fraction of sp³-hybridized carbons (Fsp3) is 0.846. The van der Waals surface area contributed by atoms with Gasteiger partial charge in [-0.05, 0) is 25.2 Å². The topological polar surface area (TPSA) is 92.8 Å². The van der Waals surface area contributed by atoms with E-state index in [9.17, 15) is 18.0 Å². The Kier molecular flexibility index (Phi) is 5.21. The molecule has 21 heavy (non-hydrogen) atoms. The van der Waals surface area contributed by atoms with Crippen molar-refractivity contribution in [2.24, 2.45) is 5.92 Å². The second kappa shape index (κ2) is 6.74. The summed E-state index contributed by atoms with van der Waals surface area (Å²) in [6, 6.07) is 0.104. The average molecular weight is 318 g/mol. The highest BCUT2D eigenvalue weighted by molar-refractivity contribution is 7.89. The van der Waals surface area contributed by atoms with Crippen molar-refractivity contribution in [1.29, 1.82) is 0 Å². The zero-order chi connectivity index (χ0) is 15.5. The van der Waals surface area contributed by atoms with Crippen molar-refractivity contribution >= 4 is 21.9 Å². The number of nitrogens with one attached hydrogen (secondary N) is 1. The van der Waals surface area contributed by atoms with Crippen LogP contribution in [0.1, 0.15) is 32.1 Å². The lowest BCUT2D eigenvalue weighted by atomic mass is 9.86. The van der Waals surface area contributed by atoms with Gasteiger partial charge in [0.2, 0.25) is 15.9 Å². The molecule has 8 heteroatoms. The molecule has 2 saturated heterocycles. The van der Waals surface area contributed by atoms with Gasteiger partial charge < -0.3 is 10.1 Å². The summed E-state index contributed by atoms with van der Waals surface area (Å²) in [7, 11) is -2.05. The number of carbonyl (C=O) groups excluding carboxylic acids is 2. The van der Waals surface area contributed by atoms with Crippen LogP contribution in [0, 0.1) is 5.92 Å². The first-order chi connectivity index (χ1) is 9.92. The lowest BCUT2D eigenvalue weighted by Crippen LogP contribution is -2.55. The van der Waals surface area contributed by atoms with E-state index in [4.69, 9.17) is 0 Å². The predicted octanol–water partition coefficient (Wildman–Crippen LogP) is -0.130. The second-order valence-corrected chi connectivity index (χ2v) is 7.70. The van der Waals surface area contributed by atoms with Crippen LogP contribution >= 0.6 is 0 Å². The van der Waals surface area contributed by atoms with Gasteiger partial charge in [0.1, 0.15) is 0 Å². The standard InChI is InChI=1S/C13H22N2O5S/c1-20-13(17)3-2-8-21(18,19)15-7-6-11-10(9-15)4-5-12(16)14-11/h10-11H,2-9H2,1H3,(H,14,16). The molecule has 120 valence electrons. The molecule has 0 saturated carbocycles. The Hall–Kier alpha value is -1.15. The van der Waals surface area contributed by atoms with Crippen LogP contribution in [0.25, 0.3) is 0 Å². The van der Waals surface area contributed by atoms with Crippen molar-refractivity contribution in [3.05, 3.63) is 0 Å². The van der Waals surface area contributed by atoms with Crippen molar-refractivity contribution in [3.63, 3.8) is 0 Å². The molecule has 2 fully saturated rings. The minimum atomic E-state index is -3.34. The molecule has 2 heterocycles. The minimum Gasteiger partial charge on any atom is -0.469 e. The van der Waals surface area contributed by atoms with Crippen LogP contribution in [0.2, 0.25) is 0 Å². The van der Waals surface area contributed by atoms with Gasteiger partial charge in [-0.1, -0.05) is 0 Å². The van der Waals surface area contributed by atoms with Gasteiger partial charge in [0.15, 0.2) is 0 Å². The normalized spacial score (nSPS) is 26.8. The first-order valence-corrected chi connectivity index (χ1v) is 8.87. The SMILES string of the molecule is COC(=O)CCCS(=O)(=O)N1CCC2NC(=O)CCC2C1. The number of methoxy groups -OCH3 is 1. The smallest absolute Gasteiger partial charge is 0.305 e. The number of fused-ring (bicyclic) bond motifs is 1. The molecule has 2 aliphatic rings. The highest BCUT2D eigenvalue weighted by Gasteiger charge is 2.37. The van der Waals surface area contributed by atoms with E-state index < -0.39 is 10.0 Å². The number of nitrogens with zero attached hydrogens (tertiary/aromatic N) is 1. The van der Waals surface area contributed by atoms with Gasteiger partial charge in [0.25, 0.3) is 0 Å². The Labute approximate surface area is 125 Å². The van der Waals surface area contributed by atoms with Crippen LogP contribution in [-0.2, 0) is 24.3 Å². The molecular formula is C13H22N2O5S. The monoisotopic (exact) mass is 318 g/mol. The van der Waals surface area contributed by atoms with Gasteiger partial charge >= 0.3 is 5.97 Å². The van der Waals surface area contributed by atoms with E-state index in [1.54, 1.807) is 0 Å².